The topological polar surface area (TPSA) is 52.5 Å². The van der Waals surface area contributed by atoms with Crippen LogP contribution in [0.5, 0.6) is 11.5 Å². The second-order valence-corrected chi connectivity index (χ2v) is 3.35. The Morgan fingerprint density at radius 2 is 1.85 bits per heavy atom. The zero-order chi connectivity index (χ0) is 9.26. The Kier molecular flexibility index (Phi) is 2.10. The summed E-state index contributed by atoms with van der Waals surface area (Å²) in [6.45, 7) is 1.81. The predicted octanol–water partition coefficient (Wildman–Crippen LogP) is 0.786. The first-order chi connectivity index (χ1) is 6.27. The molecule has 3 heteroatoms. The Morgan fingerprint density at radius 3 is 2.69 bits per heavy atom. The molecule has 0 aliphatic carbocycles. The van der Waals surface area contributed by atoms with Gasteiger partial charge in [-0.15, -0.1) is 0 Å². The van der Waals surface area contributed by atoms with Crippen molar-refractivity contribution in [1.82, 2.24) is 5.32 Å². The minimum atomic E-state index is 0.151. The lowest BCUT2D eigenvalue weighted by atomic mass is 10.0. The van der Waals surface area contributed by atoms with Crippen LogP contribution in [0.25, 0.3) is 0 Å². The van der Waals surface area contributed by atoms with Crippen LogP contribution in [-0.4, -0.2) is 23.3 Å². The number of hydrogen-bond donors (Lipinski definition) is 3. The zero-order valence-corrected chi connectivity index (χ0v) is 7.38. The fraction of sp³-hybridized carbons (Fsp3) is 0.400. The van der Waals surface area contributed by atoms with Gasteiger partial charge < -0.3 is 15.5 Å². The Hall–Kier alpha value is -1.22. The molecule has 0 aromatic heterocycles. The van der Waals surface area contributed by atoms with Crippen LogP contribution in [0, 0.1) is 0 Å². The van der Waals surface area contributed by atoms with Gasteiger partial charge in [0.2, 0.25) is 0 Å². The number of phenols is 2. The maximum absolute atomic E-state index is 9.57. The number of nitrogens with one attached hydrogen (secondary N) is 1. The first kappa shape index (κ1) is 8.38. The molecule has 1 aliphatic rings. The molecule has 0 amide bonds. The maximum Gasteiger partial charge on any atom is 0.122 e. The van der Waals surface area contributed by atoms with Gasteiger partial charge in [-0.3, -0.25) is 0 Å². The van der Waals surface area contributed by atoms with E-state index in [4.69, 9.17) is 0 Å². The van der Waals surface area contributed by atoms with Gasteiger partial charge in [0.15, 0.2) is 0 Å². The minimum Gasteiger partial charge on any atom is -0.508 e. The van der Waals surface area contributed by atoms with Crippen molar-refractivity contribution in [3.05, 3.63) is 23.3 Å². The summed E-state index contributed by atoms with van der Waals surface area (Å²) >= 11 is 0. The lowest BCUT2D eigenvalue weighted by Gasteiger charge is -2.07. The lowest BCUT2D eigenvalue weighted by molar-refractivity contribution is 0.445. The summed E-state index contributed by atoms with van der Waals surface area (Å²) < 4.78 is 0. The third kappa shape index (κ3) is 1.60. The molecule has 0 atom stereocenters. The van der Waals surface area contributed by atoms with E-state index in [0.717, 1.165) is 37.1 Å². The van der Waals surface area contributed by atoms with E-state index in [0.29, 0.717) is 0 Å². The molecule has 0 radical (unpaired) electrons. The smallest absolute Gasteiger partial charge is 0.122 e. The Balaban J connectivity index is 2.47. The number of hydrogen-bond acceptors (Lipinski definition) is 3. The molecular formula is C10H13NO2. The van der Waals surface area contributed by atoms with Crippen LogP contribution in [-0.2, 0) is 12.8 Å². The van der Waals surface area contributed by atoms with Crippen LogP contribution in [0.3, 0.4) is 0 Å². The van der Waals surface area contributed by atoms with Crippen LogP contribution in [0.4, 0.5) is 0 Å². The van der Waals surface area contributed by atoms with Gasteiger partial charge in [0.1, 0.15) is 11.5 Å². The normalized spacial score (nSPS) is 16.3. The lowest BCUT2D eigenvalue weighted by Crippen LogP contribution is -2.16. The van der Waals surface area contributed by atoms with E-state index in [1.165, 1.54) is 6.07 Å². The summed E-state index contributed by atoms with van der Waals surface area (Å²) in [5.74, 6) is 0.372. The Labute approximate surface area is 77.0 Å². The molecule has 70 valence electrons. The van der Waals surface area contributed by atoms with Gasteiger partial charge in [-0.1, -0.05) is 0 Å². The Morgan fingerprint density at radius 1 is 1.08 bits per heavy atom. The first-order valence-electron chi connectivity index (χ1n) is 4.52. The number of aromatic hydroxyl groups is 2. The van der Waals surface area contributed by atoms with Crippen LogP contribution in [0.1, 0.15) is 11.1 Å². The Bertz CT molecular complexity index is 323. The molecule has 0 spiro atoms. The van der Waals surface area contributed by atoms with Crippen LogP contribution < -0.4 is 5.32 Å². The second kappa shape index (κ2) is 3.26. The van der Waals surface area contributed by atoms with Gasteiger partial charge in [-0.25, -0.2) is 0 Å². The molecule has 1 aromatic carbocycles. The monoisotopic (exact) mass is 179 g/mol. The van der Waals surface area contributed by atoms with Crippen molar-refractivity contribution < 1.29 is 10.2 Å². The second-order valence-electron chi connectivity index (χ2n) is 3.35. The molecule has 1 aliphatic heterocycles. The van der Waals surface area contributed by atoms with E-state index in [2.05, 4.69) is 5.32 Å². The molecule has 2 rings (SSSR count). The van der Waals surface area contributed by atoms with Crippen molar-refractivity contribution in [2.45, 2.75) is 12.8 Å². The van der Waals surface area contributed by atoms with Gasteiger partial charge in [0.25, 0.3) is 0 Å². The predicted molar refractivity (Wildman–Crippen MR) is 50.0 cm³/mol. The molecule has 3 nitrogen and oxygen atoms in total. The van der Waals surface area contributed by atoms with Crippen molar-refractivity contribution in [3.63, 3.8) is 0 Å². The molecule has 0 fully saturated rings. The summed E-state index contributed by atoms with van der Waals surface area (Å²) in [7, 11) is 0. The number of phenolic OH excluding ortho intramolecular Hbond substituents is 2. The highest BCUT2D eigenvalue weighted by Gasteiger charge is 2.12. The van der Waals surface area contributed by atoms with E-state index in [1.54, 1.807) is 6.07 Å². The standard InChI is InChI=1S/C10H13NO2/c12-8-5-7-1-3-11-4-2-9(7)10(13)6-8/h5-6,11-13H,1-4H2. The average Bonchev–Trinajstić information content (AvgIpc) is 2.28. The summed E-state index contributed by atoms with van der Waals surface area (Å²) in [6.07, 6.45) is 1.71. The van der Waals surface area contributed by atoms with Gasteiger partial charge >= 0.3 is 0 Å². The van der Waals surface area contributed by atoms with Crippen LogP contribution in [0.2, 0.25) is 0 Å². The number of benzene rings is 1. The quantitative estimate of drug-likeness (QED) is 0.552. The van der Waals surface area contributed by atoms with Crippen LogP contribution in [0.15, 0.2) is 12.1 Å². The van der Waals surface area contributed by atoms with Crippen molar-refractivity contribution in [2.24, 2.45) is 0 Å². The highest BCUT2D eigenvalue weighted by atomic mass is 16.3. The molecule has 3 N–H and O–H groups in total. The first-order valence-corrected chi connectivity index (χ1v) is 4.52. The van der Waals surface area contributed by atoms with Crippen molar-refractivity contribution in [2.75, 3.05) is 13.1 Å². The minimum absolute atomic E-state index is 0.151. The fourth-order valence-corrected chi connectivity index (χ4v) is 1.77. The largest absolute Gasteiger partial charge is 0.508 e. The van der Waals surface area contributed by atoms with Crippen molar-refractivity contribution in [1.29, 1.82) is 0 Å². The maximum atomic E-state index is 9.57. The van der Waals surface area contributed by atoms with E-state index in [9.17, 15) is 10.2 Å². The number of fused-ring (bicyclic) bond motifs is 1. The van der Waals surface area contributed by atoms with Crippen molar-refractivity contribution in [3.8, 4) is 11.5 Å². The molecule has 1 aromatic rings. The van der Waals surface area contributed by atoms with Gasteiger partial charge in [0, 0.05) is 6.07 Å². The van der Waals surface area contributed by atoms with Gasteiger partial charge in [0.05, 0.1) is 0 Å². The molecule has 1 heterocycles. The van der Waals surface area contributed by atoms with Gasteiger partial charge in [-0.2, -0.15) is 0 Å². The third-order valence-corrected chi connectivity index (χ3v) is 2.43. The van der Waals surface area contributed by atoms with Crippen LogP contribution >= 0.6 is 0 Å². The average molecular weight is 179 g/mol. The van der Waals surface area contributed by atoms with Crippen molar-refractivity contribution >= 4 is 0 Å². The van der Waals surface area contributed by atoms with E-state index < -0.39 is 0 Å². The molecule has 0 saturated heterocycles. The third-order valence-electron chi connectivity index (χ3n) is 2.43. The summed E-state index contributed by atoms with van der Waals surface area (Å²) in [4.78, 5) is 0. The molecule has 0 bridgehead atoms. The number of rotatable bonds is 0. The summed E-state index contributed by atoms with van der Waals surface area (Å²) in [6, 6.07) is 3.15. The van der Waals surface area contributed by atoms with E-state index >= 15 is 0 Å². The highest BCUT2D eigenvalue weighted by Crippen LogP contribution is 2.28. The zero-order valence-electron chi connectivity index (χ0n) is 7.38. The molecule has 13 heavy (non-hydrogen) atoms. The summed E-state index contributed by atoms with van der Waals surface area (Å²) in [5, 5.41) is 22.1. The summed E-state index contributed by atoms with van der Waals surface area (Å²) in [5.41, 5.74) is 2.03. The highest BCUT2D eigenvalue weighted by molar-refractivity contribution is 5.46. The SMILES string of the molecule is Oc1cc(O)c2c(c1)CCNCC2. The van der Waals surface area contributed by atoms with E-state index in [1.807, 2.05) is 0 Å². The van der Waals surface area contributed by atoms with Gasteiger partial charge in [-0.05, 0) is 43.1 Å². The molecule has 0 unspecified atom stereocenters. The van der Waals surface area contributed by atoms with E-state index in [-0.39, 0.29) is 11.5 Å². The fourth-order valence-electron chi connectivity index (χ4n) is 1.77. The molecular weight excluding hydrogens is 166 g/mol. The molecule has 0 saturated carbocycles.